The van der Waals surface area contributed by atoms with E-state index in [2.05, 4.69) is 40.0 Å². The lowest BCUT2D eigenvalue weighted by Gasteiger charge is -2.16. The summed E-state index contributed by atoms with van der Waals surface area (Å²) in [5, 5.41) is 6.64. The number of nitrogens with one attached hydrogen (secondary N) is 1. The van der Waals surface area contributed by atoms with Crippen LogP contribution in [0.15, 0.2) is 35.7 Å². The topological polar surface area (TPSA) is 65.4 Å². The van der Waals surface area contributed by atoms with Gasteiger partial charge in [-0.3, -0.25) is 4.79 Å². The fourth-order valence-electron chi connectivity index (χ4n) is 3.03. The van der Waals surface area contributed by atoms with Gasteiger partial charge in [0.15, 0.2) is 6.29 Å². The summed E-state index contributed by atoms with van der Waals surface area (Å²) < 4.78 is 13.1. The Morgan fingerprint density at radius 3 is 2.67 bits per heavy atom. The number of amides is 1. The first-order valence-corrected chi connectivity index (χ1v) is 10.1. The fraction of sp³-hybridized carbons (Fsp3) is 0.400. The first kappa shape index (κ1) is 19.5. The van der Waals surface area contributed by atoms with Crippen LogP contribution in [0.1, 0.15) is 31.3 Å². The molecule has 0 spiro atoms. The molecule has 0 fully saturated rings. The summed E-state index contributed by atoms with van der Waals surface area (Å²) in [7, 11) is 0. The minimum atomic E-state index is -0.440. The number of nitrogens with zero attached hydrogens (tertiary/aromatic N) is 2. The van der Waals surface area contributed by atoms with Gasteiger partial charge in [-0.05, 0) is 32.9 Å². The van der Waals surface area contributed by atoms with E-state index < -0.39 is 6.29 Å². The highest BCUT2D eigenvalue weighted by atomic mass is 32.1. The number of rotatable bonds is 9. The van der Waals surface area contributed by atoms with Crippen molar-refractivity contribution in [3.63, 3.8) is 0 Å². The molecule has 0 radical (unpaired) electrons. The van der Waals surface area contributed by atoms with E-state index in [4.69, 9.17) is 9.47 Å². The van der Waals surface area contributed by atoms with E-state index in [1.807, 2.05) is 26.0 Å². The average Bonchev–Trinajstić information content (AvgIpc) is 3.30. The fourth-order valence-corrected chi connectivity index (χ4v) is 3.85. The number of benzene rings is 1. The lowest BCUT2D eigenvalue weighted by molar-refractivity contribution is -0.131. The first-order valence-electron chi connectivity index (χ1n) is 9.23. The Hall–Kier alpha value is -2.22. The van der Waals surface area contributed by atoms with Crippen molar-refractivity contribution in [2.75, 3.05) is 19.8 Å². The number of fused-ring (bicyclic) bond motifs is 1. The van der Waals surface area contributed by atoms with E-state index in [-0.39, 0.29) is 5.91 Å². The molecule has 3 aromatic rings. The van der Waals surface area contributed by atoms with Crippen LogP contribution in [0.3, 0.4) is 0 Å². The predicted molar refractivity (Wildman–Crippen MR) is 108 cm³/mol. The minimum Gasteiger partial charge on any atom is -0.351 e. The van der Waals surface area contributed by atoms with E-state index in [9.17, 15) is 4.79 Å². The quantitative estimate of drug-likeness (QED) is 0.565. The summed E-state index contributed by atoms with van der Waals surface area (Å²) in [4.78, 5) is 17.0. The molecular weight excluding hydrogens is 362 g/mol. The van der Waals surface area contributed by atoms with Gasteiger partial charge in [0.05, 0.1) is 12.2 Å². The van der Waals surface area contributed by atoms with Crippen molar-refractivity contribution in [2.45, 2.75) is 33.6 Å². The van der Waals surface area contributed by atoms with Crippen LogP contribution >= 0.6 is 11.3 Å². The van der Waals surface area contributed by atoms with E-state index in [0.29, 0.717) is 25.5 Å². The summed E-state index contributed by atoms with van der Waals surface area (Å²) in [6.07, 6.45) is -0.440. The molecule has 0 aliphatic rings. The zero-order chi connectivity index (χ0) is 19.2. The van der Waals surface area contributed by atoms with Crippen LogP contribution in [0.5, 0.6) is 0 Å². The van der Waals surface area contributed by atoms with Crippen molar-refractivity contribution in [3.8, 4) is 10.7 Å². The number of hydrogen-bond acceptors (Lipinski definition) is 5. The molecule has 144 valence electrons. The summed E-state index contributed by atoms with van der Waals surface area (Å²) in [6, 6.07) is 10.4. The highest BCUT2D eigenvalue weighted by molar-refractivity contribution is 7.13. The standard InChI is InChI=1S/C20H25N3O3S/c1-4-23-16-10-8-7-9-14(16)11-17(23)20-22-15(13-27-20)19(24)21-12-18(25-5-2)26-6-3/h7-11,13,18H,4-6,12H2,1-3H3,(H,21,24). The third-order valence-electron chi connectivity index (χ3n) is 4.22. The van der Waals surface area contributed by atoms with Crippen LogP contribution in [0.4, 0.5) is 0 Å². The van der Waals surface area contributed by atoms with Gasteiger partial charge in [-0.1, -0.05) is 18.2 Å². The molecule has 27 heavy (non-hydrogen) atoms. The van der Waals surface area contributed by atoms with Crippen molar-refractivity contribution in [2.24, 2.45) is 0 Å². The second kappa shape index (κ2) is 9.12. The van der Waals surface area contributed by atoms with E-state index in [1.54, 1.807) is 5.38 Å². The second-order valence-corrected chi connectivity index (χ2v) is 6.78. The Balaban J connectivity index is 1.76. The number of ether oxygens (including phenoxy) is 2. The summed E-state index contributed by atoms with van der Waals surface area (Å²) in [6.45, 7) is 8.10. The maximum atomic E-state index is 12.4. The van der Waals surface area contributed by atoms with Crippen LogP contribution in [-0.4, -0.2) is 41.5 Å². The Morgan fingerprint density at radius 2 is 1.96 bits per heavy atom. The van der Waals surface area contributed by atoms with Gasteiger partial charge in [-0.15, -0.1) is 11.3 Å². The number of aryl methyl sites for hydroxylation is 1. The zero-order valence-corrected chi connectivity index (χ0v) is 16.7. The zero-order valence-electron chi connectivity index (χ0n) is 15.9. The monoisotopic (exact) mass is 387 g/mol. The lowest BCUT2D eigenvalue weighted by Crippen LogP contribution is -2.35. The molecule has 1 amide bonds. The molecule has 6 nitrogen and oxygen atoms in total. The molecule has 0 atom stereocenters. The van der Waals surface area contributed by atoms with Crippen LogP contribution in [-0.2, 0) is 16.0 Å². The van der Waals surface area contributed by atoms with Gasteiger partial charge in [0.25, 0.3) is 5.91 Å². The van der Waals surface area contributed by atoms with Crippen molar-refractivity contribution in [3.05, 3.63) is 41.4 Å². The molecule has 0 unspecified atom stereocenters. The minimum absolute atomic E-state index is 0.221. The first-order chi connectivity index (χ1) is 13.2. The molecule has 0 bridgehead atoms. The lowest BCUT2D eigenvalue weighted by atomic mass is 10.2. The molecule has 1 aromatic carbocycles. The van der Waals surface area contributed by atoms with Crippen molar-refractivity contribution < 1.29 is 14.3 Å². The van der Waals surface area contributed by atoms with Gasteiger partial charge >= 0.3 is 0 Å². The number of hydrogen-bond donors (Lipinski definition) is 1. The number of thiazole rings is 1. The van der Waals surface area contributed by atoms with Gasteiger partial charge in [0.2, 0.25) is 0 Å². The molecule has 3 rings (SSSR count). The van der Waals surface area contributed by atoms with E-state index in [0.717, 1.165) is 17.2 Å². The molecule has 7 heteroatoms. The molecule has 0 aliphatic carbocycles. The summed E-state index contributed by atoms with van der Waals surface area (Å²) in [5.41, 5.74) is 2.62. The van der Waals surface area contributed by atoms with Gasteiger partial charge in [0.1, 0.15) is 10.7 Å². The predicted octanol–water partition coefficient (Wildman–Crippen LogP) is 3.91. The highest BCUT2D eigenvalue weighted by Crippen LogP contribution is 2.30. The van der Waals surface area contributed by atoms with Gasteiger partial charge in [0, 0.05) is 36.0 Å². The molecule has 2 heterocycles. The largest absolute Gasteiger partial charge is 0.351 e. The molecular formula is C20H25N3O3S. The summed E-state index contributed by atoms with van der Waals surface area (Å²) >= 11 is 1.48. The third kappa shape index (κ3) is 4.37. The molecule has 1 N–H and O–H groups in total. The maximum absolute atomic E-state index is 12.4. The van der Waals surface area contributed by atoms with Crippen LogP contribution in [0.2, 0.25) is 0 Å². The van der Waals surface area contributed by atoms with Crippen molar-refractivity contribution in [1.29, 1.82) is 0 Å². The Bertz CT molecular complexity index is 897. The molecule has 0 saturated heterocycles. The maximum Gasteiger partial charge on any atom is 0.270 e. The SMILES string of the molecule is CCOC(CNC(=O)c1csc(-c2cc3ccccc3n2CC)n1)OCC. The van der Waals surface area contributed by atoms with Gasteiger partial charge in [-0.25, -0.2) is 4.98 Å². The van der Waals surface area contributed by atoms with Crippen LogP contribution in [0.25, 0.3) is 21.6 Å². The number of para-hydroxylation sites is 1. The van der Waals surface area contributed by atoms with Crippen molar-refractivity contribution in [1.82, 2.24) is 14.9 Å². The van der Waals surface area contributed by atoms with Crippen molar-refractivity contribution >= 4 is 28.1 Å². The third-order valence-corrected chi connectivity index (χ3v) is 5.08. The second-order valence-electron chi connectivity index (χ2n) is 5.92. The number of carbonyl (C=O) groups is 1. The van der Waals surface area contributed by atoms with E-state index in [1.165, 1.54) is 22.2 Å². The molecule has 0 aliphatic heterocycles. The van der Waals surface area contributed by atoms with Gasteiger partial charge < -0.3 is 19.4 Å². The highest BCUT2D eigenvalue weighted by Gasteiger charge is 2.17. The Kier molecular flexibility index (Phi) is 6.60. The Morgan fingerprint density at radius 1 is 1.22 bits per heavy atom. The number of aromatic nitrogens is 2. The van der Waals surface area contributed by atoms with E-state index >= 15 is 0 Å². The molecule has 2 aromatic heterocycles. The molecule has 0 saturated carbocycles. The normalized spacial score (nSPS) is 11.4. The Labute approximate surface area is 163 Å². The summed E-state index contributed by atoms with van der Waals surface area (Å²) in [5.74, 6) is -0.221. The smallest absolute Gasteiger partial charge is 0.270 e. The number of carbonyl (C=O) groups excluding carboxylic acids is 1. The van der Waals surface area contributed by atoms with Crippen LogP contribution < -0.4 is 5.32 Å². The van der Waals surface area contributed by atoms with Gasteiger partial charge in [-0.2, -0.15) is 0 Å². The average molecular weight is 388 g/mol. The van der Waals surface area contributed by atoms with Crippen LogP contribution in [0, 0.1) is 0 Å².